The van der Waals surface area contributed by atoms with Crippen LogP contribution in [0, 0.1) is 0 Å². The average Bonchev–Trinajstić information content (AvgIpc) is 2.91. The molecule has 2 N–H and O–H groups in total. The van der Waals surface area contributed by atoms with Crippen molar-refractivity contribution in [1.29, 1.82) is 0 Å². The molecule has 1 aliphatic heterocycles. The van der Waals surface area contributed by atoms with E-state index in [-0.39, 0.29) is 26.0 Å². The zero-order valence-corrected chi connectivity index (χ0v) is 19.7. The number of carbonyl (C=O) groups is 3. The highest BCUT2D eigenvalue weighted by atomic mass is 16.6. The predicted octanol–water partition coefficient (Wildman–Crippen LogP) is 4.42. The third-order valence-electron chi connectivity index (χ3n) is 6.09. The van der Waals surface area contributed by atoms with Gasteiger partial charge in [-0.3, -0.25) is 9.69 Å². The van der Waals surface area contributed by atoms with Gasteiger partial charge in [-0.15, -0.1) is 0 Å². The topological polar surface area (TPSA) is 95.9 Å². The van der Waals surface area contributed by atoms with Crippen LogP contribution in [0.3, 0.4) is 0 Å². The fourth-order valence-corrected chi connectivity index (χ4v) is 4.15. The largest absolute Gasteiger partial charge is 0.480 e. The van der Waals surface area contributed by atoms with E-state index in [1.165, 1.54) is 4.90 Å². The molecule has 0 aliphatic carbocycles. The van der Waals surface area contributed by atoms with Gasteiger partial charge in [0.15, 0.2) is 0 Å². The van der Waals surface area contributed by atoms with E-state index in [9.17, 15) is 19.5 Å². The number of nitrogens with one attached hydrogen (secondary N) is 1. The Morgan fingerprint density at radius 3 is 2.28 bits per heavy atom. The van der Waals surface area contributed by atoms with Crippen molar-refractivity contribution >= 4 is 24.0 Å². The molecule has 1 heterocycles. The first-order valence-electron chi connectivity index (χ1n) is 11.8. The molecule has 3 aromatic carbocycles. The van der Waals surface area contributed by atoms with Crippen LogP contribution in [0.4, 0.5) is 4.79 Å². The van der Waals surface area contributed by atoms with E-state index in [0.29, 0.717) is 0 Å². The van der Waals surface area contributed by atoms with Crippen molar-refractivity contribution in [2.45, 2.75) is 38.1 Å². The van der Waals surface area contributed by atoms with E-state index in [1.54, 1.807) is 6.08 Å². The molecule has 0 radical (unpaired) electrons. The Balaban J connectivity index is 1.47. The lowest BCUT2D eigenvalue weighted by Crippen LogP contribution is -2.55. The molecule has 2 amide bonds. The van der Waals surface area contributed by atoms with Crippen molar-refractivity contribution in [1.82, 2.24) is 10.2 Å². The average molecular weight is 485 g/mol. The summed E-state index contributed by atoms with van der Waals surface area (Å²) in [6.07, 6.45) is 3.29. The molecule has 2 atom stereocenters. The maximum atomic E-state index is 13.3. The van der Waals surface area contributed by atoms with E-state index in [2.05, 4.69) is 5.32 Å². The Labute approximate surface area is 210 Å². The highest BCUT2D eigenvalue weighted by Gasteiger charge is 2.37. The molecule has 0 aromatic heterocycles. The zero-order valence-electron chi connectivity index (χ0n) is 19.7. The van der Waals surface area contributed by atoms with Crippen LogP contribution < -0.4 is 5.32 Å². The van der Waals surface area contributed by atoms with Crippen LogP contribution in [0.2, 0.25) is 0 Å². The number of carbonyl (C=O) groups excluding carboxylic acids is 2. The lowest BCUT2D eigenvalue weighted by Gasteiger charge is -2.35. The van der Waals surface area contributed by atoms with Crippen molar-refractivity contribution in [2.75, 3.05) is 0 Å². The number of carboxylic acid groups (broad SMARTS) is 1. The van der Waals surface area contributed by atoms with Gasteiger partial charge in [0.05, 0.1) is 6.54 Å². The lowest BCUT2D eigenvalue weighted by atomic mass is 9.93. The van der Waals surface area contributed by atoms with E-state index in [1.807, 2.05) is 91.0 Å². The van der Waals surface area contributed by atoms with Crippen LogP contribution in [0.5, 0.6) is 0 Å². The molecule has 7 heteroatoms. The summed E-state index contributed by atoms with van der Waals surface area (Å²) < 4.78 is 5.51. The Bertz CT molecular complexity index is 1230. The number of ether oxygens (including phenoxy) is 1. The summed E-state index contributed by atoms with van der Waals surface area (Å²) in [7, 11) is 0. The standard InChI is InChI=1S/C29H28N2O5/c32-27(30-25(28(33)34)17-9-14-21-10-3-1-4-11-21)26-18-23-15-7-8-16-24(23)19-31(26)29(35)36-20-22-12-5-2-6-13-22/h1-16,25-26H,17-20H2,(H,30,32)(H,33,34)/b14-9+/t25-,26+/m1/s1. The number of benzene rings is 3. The molecule has 36 heavy (non-hydrogen) atoms. The van der Waals surface area contributed by atoms with Crippen LogP contribution in [-0.4, -0.2) is 40.1 Å². The molecule has 3 aromatic rings. The molecule has 4 rings (SSSR count). The second-order valence-corrected chi connectivity index (χ2v) is 8.60. The van der Waals surface area contributed by atoms with Crippen molar-refractivity contribution in [3.05, 3.63) is 113 Å². The third kappa shape index (κ3) is 6.39. The smallest absolute Gasteiger partial charge is 0.411 e. The Morgan fingerprint density at radius 1 is 0.944 bits per heavy atom. The van der Waals surface area contributed by atoms with Gasteiger partial charge >= 0.3 is 12.1 Å². The maximum Gasteiger partial charge on any atom is 0.411 e. The molecule has 184 valence electrons. The summed E-state index contributed by atoms with van der Waals surface area (Å²) >= 11 is 0. The first kappa shape index (κ1) is 24.7. The van der Waals surface area contributed by atoms with E-state index in [4.69, 9.17) is 4.74 Å². The number of aliphatic carboxylic acids is 1. The van der Waals surface area contributed by atoms with Gasteiger partial charge in [-0.2, -0.15) is 0 Å². The van der Waals surface area contributed by atoms with Crippen molar-refractivity contribution in [3.63, 3.8) is 0 Å². The van der Waals surface area contributed by atoms with Crippen LogP contribution in [-0.2, 0) is 33.9 Å². The minimum absolute atomic E-state index is 0.0776. The molecule has 0 unspecified atom stereocenters. The van der Waals surface area contributed by atoms with Gasteiger partial charge in [-0.05, 0) is 28.7 Å². The predicted molar refractivity (Wildman–Crippen MR) is 136 cm³/mol. The van der Waals surface area contributed by atoms with Crippen LogP contribution in [0.15, 0.2) is 91.0 Å². The molecule has 0 spiro atoms. The first-order valence-corrected chi connectivity index (χ1v) is 11.8. The van der Waals surface area contributed by atoms with Crippen molar-refractivity contribution in [2.24, 2.45) is 0 Å². The Morgan fingerprint density at radius 2 is 1.58 bits per heavy atom. The lowest BCUT2D eigenvalue weighted by molar-refractivity contribution is -0.142. The molecular formula is C29H28N2O5. The van der Waals surface area contributed by atoms with Crippen LogP contribution >= 0.6 is 0 Å². The monoisotopic (exact) mass is 484 g/mol. The zero-order chi connectivity index (χ0) is 25.3. The quantitative estimate of drug-likeness (QED) is 0.493. The summed E-state index contributed by atoms with van der Waals surface area (Å²) in [4.78, 5) is 39.6. The Hall–Kier alpha value is -4.39. The van der Waals surface area contributed by atoms with Crippen molar-refractivity contribution < 1.29 is 24.2 Å². The minimum atomic E-state index is -1.14. The van der Waals surface area contributed by atoms with Crippen LogP contribution in [0.1, 0.15) is 28.7 Å². The molecule has 0 fully saturated rings. The molecular weight excluding hydrogens is 456 g/mol. The van der Waals surface area contributed by atoms with Gasteiger partial charge in [0.2, 0.25) is 5.91 Å². The molecule has 0 saturated carbocycles. The fourth-order valence-electron chi connectivity index (χ4n) is 4.15. The summed E-state index contributed by atoms with van der Waals surface area (Å²) in [5.41, 5.74) is 3.64. The van der Waals surface area contributed by atoms with Gasteiger partial charge < -0.3 is 15.2 Å². The second kappa shape index (κ2) is 11.8. The van der Waals surface area contributed by atoms with Gasteiger partial charge in [0.25, 0.3) is 0 Å². The summed E-state index contributed by atoms with van der Waals surface area (Å²) in [6.45, 7) is 0.279. The van der Waals surface area contributed by atoms with Gasteiger partial charge in [-0.25, -0.2) is 9.59 Å². The number of hydrogen-bond donors (Lipinski definition) is 2. The molecule has 0 bridgehead atoms. The molecule has 7 nitrogen and oxygen atoms in total. The second-order valence-electron chi connectivity index (χ2n) is 8.60. The van der Waals surface area contributed by atoms with Gasteiger partial charge in [0, 0.05) is 6.42 Å². The Kier molecular flexibility index (Phi) is 8.13. The molecule has 1 aliphatic rings. The van der Waals surface area contributed by atoms with Crippen molar-refractivity contribution in [3.8, 4) is 0 Å². The number of amides is 2. The summed E-state index contributed by atoms with van der Waals surface area (Å²) in [6, 6.07) is 24.4. The first-order chi connectivity index (χ1) is 17.5. The van der Waals surface area contributed by atoms with Crippen LogP contribution in [0.25, 0.3) is 6.08 Å². The molecule has 0 saturated heterocycles. The third-order valence-corrected chi connectivity index (χ3v) is 6.09. The van der Waals surface area contributed by atoms with Gasteiger partial charge in [0.1, 0.15) is 18.7 Å². The van der Waals surface area contributed by atoms with E-state index < -0.39 is 30.1 Å². The number of nitrogens with zero attached hydrogens (tertiary/aromatic N) is 1. The highest BCUT2D eigenvalue weighted by Crippen LogP contribution is 2.25. The SMILES string of the molecule is O=C(O)[C@@H](C/C=C/c1ccccc1)NC(=O)[C@@H]1Cc2ccccc2CN1C(=O)OCc1ccccc1. The normalized spacial score (nSPS) is 15.7. The minimum Gasteiger partial charge on any atom is -0.480 e. The number of hydrogen-bond acceptors (Lipinski definition) is 4. The van der Waals surface area contributed by atoms with E-state index >= 15 is 0 Å². The number of fused-ring (bicyclic) bond motifs is 1. The van der Waals surface area contributed by atoms with Gasteiger partial charge in [-0.1, -0.05) is 97.1 Å². The number of carboxylic acids is 1. The summed E-state index contributed by atoms with van der Waals surface area (Å²) in [5, 5.41) is 12.3. The number of rotatable bonds is 8. The summed E-state index contributed by atoms with van der Waals surface area (Å²) in [5.74, 6) is -1.67. The fraction of sp³-hybridized carbons (Fsp3) is 0.207. The maximum absolute atomic E-state index is 13.3. The van der Waals surface area contributed by atoms with E-state index in [0.717, 1.165) is 22.3 Å². The highest BCUT2D eigenvalue weighted by molar-refractivity contribution is 5.90.